The van der Waals surface area contributed by atoms with Crippen LogP contribution in [0.25, 0.3) is 0 Å². The number of aliphatic hydroxyl groups is 1. The minimum absolute atomic E-state index is 0.0235. The van der Waals surface area contributed by atoms with E-state index in [4.69, 9.17) is 4.74 Å². The molecule has 0 unspecified atom stereocenters. The summed E-state index contributed by atoms with van der Waals surface area (Å²) in [5.74, 6) is -1.09. The smallest absolute Gasteiger partial charge is 0.380 e. The molecule has 0 spiro atoms. The molecular weight excluding hydrogens is 389 g/mol. The van der Waals surface area contributed by atoms with E-state index in [0.717, 1.165) is 0 Å². The van der Waals surface area contributed by atoms with Crippen molar-refractivity contribution in [1.29, 1.82) is 0 Å². The number of rotatable bonds is 5. The number of nitrogens with one attached hydrogen (secondary N) is 1. The molecule has 1 atom stereocenters. The standard InChI is InChI=1S/C16H21F3N2O5S/c1-11-3-4-12(20-14(22)10-15(2,23)16(17,18)19)9-13(11)27(24,25)21-5-7-26-8-6-21/h3-4,9,23H,5-8,10H2,1-2H3,(H,20,22)/t15-/m0/s1. The topological polar surface area (TPSA) is 95.9 Å². The fourth-order valence-electron chi connectivity index (χ4n) is 2.50. The first-order valence-electron chi connectivity index (χ1n) is 8.12. The summed E-state index contributed by atoms with van der Waals surface area (Å²) >= 11 is 0. The minimum atomic E-state index is -4.97. The summed E-state index contributed by atoms with van der Waals surface area (Å²) in [7, 11) is -3.84. The number of ether oxygens (including phenoxy) is 1. The summed E-state index contributed by atoms with van der Waals surface area (Å²) in [5.41, 5.74) is -2.73. The first-order chi connectivity index (χ1) is 12.3. The number of hydrogen-bond acceptors (Lipinski definition) is 5. The zero-order valence-electron chi connectivity index (χ0n) is 14.8. The Hall–Kier alpha value is -1.69. The lowest BCUT2D eigenvalue weighted by Crippen LogP contribution is -2.44. The van der Waals surface area contributed by atoms with Crippen LogP contribution in [0.5, 0.6) is 0 Å². The number of nitrogens with zero attached hydrogens (tertiary/aromatic N) is 1. The Morgan fingerprint density at radius 2 is 1.89 bits per heavy atom. The van der Waals surface area contributed by atoms with E-state index < -0.39 is 34.1 Å². The quantitative estimate of drug-likeness (QED) is 0.770. The van der Waals surface area contributed by atoms with Gasteiger partial charge in [-0.25, -0.2) is 8.42 Å². The SMILES string of the molecule is Cc1ccc(NC(=O)C[C@](C)(O)C(F)(F)F)cc1S(=O)(=O)N1CCOCC1. The molecular formula is C16H21F3N2O5S. The molecule has 1 heterocycles. The third-order valence-electron chi connectivity index (χ3n) is 4.18. The van der Waals surface area contributed by atoms with Crippen molar-refractivity contribution in [2.45, 2.75) is 36.9 Å². The van der Waals surface area contributed by atoms with Crippen LogP contribution >= 0.6 is 0 Å². The average Bonchev–Trinajstić information content (AvgIpc) is 2.55. The molecule has 1 aromatic rings. The Labute approximate surface area is 155 Å². The molecule has 2 rings (SSSR count). The lowest BCUT2D eigenvalue weighted by Gasteiger charge is -2.27. The van der Waals surface area contributed by atoms with Crippen LogP contribution in [0, 0.1) is 6.92 Å². The van der Waals surface area contributed by atoms with Crippen LogP contribution in [0.15, 0.2) is 23.1 Å². The first kappa shape index (κ1) is 21.6. The second-order valence-corrected chi connectivity index (χ2v) is 8.40. The fourth-order valence-corrected chi connectivity index (χ4v) is 4.16. The van der Waals surface area contributed by atoms with Gasteiger partial charge in [-0.3, -0.25) is 4.79 Å². The molecule has 1 saturated heterocycles. The Balaban J connectivity index is 2.21. The first-order valence-corrected chi connectivity index (χ1v) is 9.56. The maximum absolute atomic E-state index is 12.8. The summed E-state index contributed by atoms with van der Waals surface area (Å²) < 4.78 is 70.0. The number of morpholine rings is 1. The van der Waals surface area contributed by atoms with Crippen molar-refractivity contribution in [3.63, 3.8) is 0 Å². The lowest BCUT2D eigenvalue weighted by molar-refractivity contribution is -0.252. The van der Waals surface area contributed by atoms with Gasteiger partial charge in [0, 0.05) is 18.8 Å². The van der Waals surface area contributed by atoms with Gasteiger partial charge in [-0.2, -0.15) is 17.5 Å². The minimum Gasteiger partial charge on any atom is -0.380 e. The van der Waals surface area contributed by atoms with E-state index in [2.05, 4.69) is 5.32 Å². The van der Waals surface area contributed by atoms with Crippen LogP contribution in [0.4, 0.5) is 18.9 Å². The Morgan fingerprint density at radius 1 is 1.30 bits per heavy atom. The molecule has 11 heteroatoms. The number of amides is 1. The van der Waals surface area contributed by atoms with Gasteiger partial charge in [0.05, 0.1) is 24.5 Å². The van der Waals surface area contributed by atoms with Crippen molar-refractivity contribution in [2.24, 2.45) is 0 Å². The van der Waals surface area contributed by atoms with Crippen LogP contribution in [0.3, 0.4) is 0 Å². The molecule has 1 aromatic carbocycles. The zero-order valence-corrected chi connectivity index (χ0v) is 15.7. The summed E-state index contributed by atoms with van der Waals surface area (Å²) in [6.45, 7) is 2.98. The highest BCUT2D eigenvalue weighted by Crippen LogP contribution is 2.33. The maximum Gasteiger partial charge on any atom is 0.417 e. The van der Waals surface area contributed by atoms with Gasteiger partial charge in [0.15, 0.2) is 5.60 Å². The van der Waals surface area contributed by atoms with Crippen LogP contribution in [-0.4, -0.2) is 61.8 Å². The van der Waals surface area contributed by atoms with Crippen molar-refractivity contribution in [2.75, 3.05) is 31.6 Å². The number of carbonyl (C=O) groups is 1. The highest BCUT2D eigenvalue weighted by Gasteiger charge is 2.51. The lowest BCUT2D eigenvalue weighted by atomic mass is 10.0. The maximum atomic E-state index is 12.8. The van der Waals surface area contributed by atoms with Gasteiger partial charge in [0.1, 0.15) is 0 Å². The van der Waals surface area contributed by atoms with E-state index in [1.54, 1.807) is 6.92 Å². The summed E-state index contributed by atoms with van der Waals surface area (Å²) in [6, 6.07) is 4.03. The predicted molar refractivity (Wildman–Crippen MR) is 90.7 cm³/mol. The van der Waals surface area contributed by atoms with Gasteiger partial charge in [0.25, 0.3) is 0 Å². The van der Waals surface area contributed by atoms with Crippen LogP contribution in [0.2, 0.25) is 0 Å². The molecule has 0 saturated carbocycles. The van der Waals surface area contributed by atoms with Crippen molar-refractivity contribution in [3.8, 4) is 0 Å². The largest absolute Gasteiger partial charge is 0.417 e. The summed E-state index contributed by atoms with van der Waals surface area (Å²) in [6.07, 6.45) is -6.18. The number of alkyl halides is 3. The van der Waals surface area contributed by atoms with E-state index in [1.165, 1.54) is 22.5 Å². The number of benzene rings is 1. The van der Waals surface area contributed by atoms with E-state index >= 15 is 0 Å². The molecule has 1 aliphatic heterocycles. The van der Waals surface area contributed by atoms with Gasteiger partial charge in [-0.05, 0) is 31.5 Å². The Morgan fingerprint density at radius 3 is 2.44 bits per heavy atom. The molecule has 7 nitrogen and oxygen atoms in total. The van der Waals surface area contributed by atoms with Crippen LogP contribution in [-0.2, 0) is 19.6 Å². The Bertz CT molecular complexity index is 803. The highest BCUT2D eigenvalue weighted by atomic mass is 32.2. The van der Waals surface area contributed by atoms with Gasteiger partial charge in [-0.15, -0.1) is 0 Å². The number of halogens is 3. The molecule has 27 heavy (non-hydrogen) atoms. The molecule has 0 radical (unpaired) electrons. The van der Waals surface area contributed by atoms with Crippen molar-refractivity contribution in [1.82, 2.24) is 4.31 Å². The molecule has 152 valence electrons. The van der Waals surface area contributed by atoms with Crippen LogP contribution < -0.4 is 5.32 Å². The van der Waals surface area contributed by atoms with E-state index in [0.29, 0.717) is 12.5 Å². The van der Waals surface area contributed by atoms with Gasteiger partial charge >= 0.3 is 6.18 Å². The third-order valence-corrected chi connectivity index (χ3v) is 6.22. The predicted octanol–water partition coefficient (Wildman–Crippen LogP) is 1.66. The molecule has 1 fully saturated rings. The molecule has 1 amide bonds. The summed E-state index contributed by atoms with van der Waals surface area (Å²) in [5, 5.41) is 11.6. The number of hydrogen-bond donors (Lipinski definition) is 2. The fraction of sp³-hybridized carbons (Fsp3) is 0.562. The summed E-state index contributed by atoms with van der Waals surface area (Å²) in [4.78, 5) is 11.8. The van der Waals surface area contributed by atoms with Crippen molar-refractivity contribution >= 4 is 21.6 Å². The van der Waals surface area contributed by atoms with Crippen molar-refractivity contribution in [3.05, 3.63) is 23.8 Å². The van der Waals surface area contributed by atoms with Crippen LogP contribution in [0.1, 0.15) is 18.9 Å². The third kappa shape index (κ3) is 4.98. The number of anilines is 1. The normalized spacial score (nSPS) is 18.7. The number of carbonyl (C=O) groups excluding carboxylic acids is 1. The van der Waals surface area contributed by atoms with Gasteiger partial charge in [0.2, 0.25) is 15.9 Å². The molecule has 2 N–H and O–H groups in total. The molecule has 0 bridgehead atoms. The monoisotopic (exact) mass is 410 g/mol. The van der Waals surface area contributed by atoms with E-state index in [-0.39, 0.29) is 36.9 Å². The highest BCUT2D eigenvalue weighted by molar-refractivity contribution is 7.89. The van der Waals surface area contributed by atoms with E-state index in [1.807, 2.05) is 0 Å². The zero-order chi connectivity index (χ0) is 20.5. The second-order valence-electron chi connectivity index (χ2n) is 6.49. The molecule has 0 aromatic heterocycles. The van der Waals surface area contributed by atoms with Gasteiger partial charge in [-0.1, -0.05) is 6.07 Å². The number of sulfonamides is 1. The second kappa shape index (κ2) is 7.74. The van der Waals surface area contributed by atoms with Gasteiger partial charge < -0.3 is 15.2 Å². The molecule has 0 aliphatic carbocycles. The Kier molecular flexibility index (Phi) is 6.19. The van der Waals surface area contributed by atoms with E-state index in [9.17, 15) is 31.5 Å². The number of aryl methyl sites for hydroxylation is 1. The molecule has 1 aliphatic rings. The van der Waals surface area contributed by atoms with Crippen molar-refractivity contribution < 1.29 is 36.2 Å². The average molecular weight is 410 g/mol.